The Morgan fingerprint density at radius 2 is 1.94 bits per heavy atom. The zero-order valence-electron chi connectivity index (χ0n) is 11.6. The predicted molar refractivity (Wildman–Crippen MR) is 69.0 cm³/mol. The molecule has 0 aliphatic heterocycles. The average molecular weight is 251 g/mol. The molecule has 100 valence electrons. The van der Waals surface area contributed by atoms with Gasteiger partial charge in [0.15, 0.2) is 5.78 Å². The fraction of sp³-hybridized carbons (Fsp3) is 0.714. The highest BCUT2D eigenvalue weighted by atomic mass is 16.6. The summed E-state index contributed by atoms with van der Waals surface area (Å²) >= 11 is 0. The van der Waals surface area contributed by atoms with Gasteiger partial charge in [-0.2, -0.15) is 0 Å². The molecule has 0 N–H and O–H groups in total. The largest absolute Gasteiger partial charge is 0.444 e. The number of rotatable bonds is 3. The van der Waals surface area contributed by atoms with E-state index in [0.29, 0.717) is 12.8 Å². The van der Waals surface area contributed by atoms with Crippen molar-refractivity contribution < 1.29 is 14.3 Å². The molecule has 1 aliphatic rings. The molecular weight excluding hydrogens is 230 g/mol. The Morgan fingerprint density at radius 1 is 1.39 bits per heavy atom. The molecule has 0 radical (unpaired) electrons. The van der Waals surface area contributed by atoms with E-state index >= 15 is 0 Å². The molecule has 0 atom stereocenters. The van der Waals surface area contributed by atoms with Crippen LogP contribution in [0.2, 0.25) is 0 Å². The van der Waals surface area contributed by atoms with Crippen LogP contribution in [0.25, 0.3) is 0 Å². The lowest BCUT2D eigenvalue weighted by molar-refractivity contribution is -0.134. The minimum atomic E-state index is -0.741. The van der Waals surface area contributed by atoms with Gasteiger partial charge in [0.1, 0.15) is 11.1 Å². The number of ketones is 1. The number of amides is 1. The standard InChI is InChI=1S/C14H21NO3/c1-6-8-11(16)14(9-7-10-14)15(5)12(17)18-13(2,3)4/h1H,7-10H2,2-5H3. The van der Waals surface area contributed by atoms with Crippen LogP contribution in [0.15, 0.2) is 0 Å². The first-order chi connectivity index (χ1) is 8.23. The van der Waals surface area contributed by atoms with Crippen molar-refractivity contribution in [3.63, 3.8) is 0 Å². The first-order valence-electron chi connectivity index (χ1n) is 6.16. The lowest BCUT2D eigenvalue weighted by Crippen LogP contribution is -2.60. The van der Waals surface area contributed by atoms with Crippen molar-refractivity contribution in [2.75, 3.05) is 7.05 Å². The van der Waals surface area contributed by atoms with Gasteiger partial charge < -0.3 is 4.74 Å². The number of likely N-dealkylation sites (N-methyl/N-ethyl adjacent to an activating group) is 1. The van der Waals surface area contributed by atoms with Crippen LogP contribution >= 0.6 is 0 Å². The minimum absolute atomic E-state index is 0.0626. The third-order valence-electron chi connectivity index (χ3n) is 3.27. The van der Waals surface area contributed by atoms with Gasteiger partial charge in [0.05, 0.1) is 6.42 Å². The quantitative estimate of drug-likeness (QED) is 0.723. The third-order valence-corrected chi connectivity index (χ3v) is 3.27. The van der Waals surface area contributed by atoms with Gasteiger partial charge in [-0.1, -0.05) is 5.92 Å². The SMILES string of the molecule is C#CCC(=O)C1(N(C)C(=O)OC(C)(C)C)CCC1. The van der Waals surface area contributed by atoms with E-state index in [1.807, 2.05) is 0 Å². The summed E-state index contributed by atoms with van der Waals surface area (Å²) in [5.41, 5.74) is -1.31. The highest BCUT2D eigenvalue weighted by molar-refractivity contribution is 5.93. The molecule has 0 spiro atoms. The van der Waals surface area contributed by atoms with Gasteiger partial charge in [0, 0.05) is 7.05 Å². The van der Waals surface area contributed by atoms with E-state index in [1.165, 1.54) is 4.90 Å². The average Bonchev–Trinajstić information content (AvgIpc) is 2.13. The molecule has 0 aromatic heterocycles. The minimum Gasteiger partial charge on any atom is -0.444 e. The van der Waals surface area contributed by atoms with Crippen LogP contribution < -0.4 is 0 Å². The summed E-state index contributed by atoms with van der Waals surface area (Å²) in [6.07, 6.45) is 7.05. The summed E-state index contributed by atoms with van der Waals surface area (Å²) in [6, 6.07) is 0. The van der Waals surface area contributed by atoms with E-state index in [9.17, 15) is 9.59 Å². The Balaban J connectivity index is 2.80. The van der Waals surface area contributed by atoms with E-state index in [-0.39, 0.29) is 12.2 Å². The van der Waals surface area contributed by atoms with Crippen LogP contribution in [0.4, 0.5) is 4.79 Å². The molecule has 1 rings (SSSR count). The number of carbonyl (C=O) groups excluding carboxylic acids is 2. The van der Waals surface area contributed by atoms with Crippen LogP contribution in [0, 0.1) is 12.3 Å². The normalized spacial score (nSPS) is 17.3. The number of terminal acetylenes is 1. The summed E-state index contributed by atoms with van der Waals surface area (Å²) in [5.74, 6) is 2.29. The van der Waals surface area contributed by atoms with Crippen molar-refractivity contribution in [3.8, 4) is 12.3 Å². The molecule has 1 amide bonds. The fourth-order valence-electron chi connectivity index (χ4n) is 2.08. The van der Waals surface area contributed by atoms with Crippen LogP contribution in [0.3, 0.4) is 0 Å². The van der Waals surface area contributed by atoms with Gasteiger partial charge in [-0.15, -0.1) is 6.42 Å². The third kappa shape index (κ3) is 2.84. The highest BCUT2D eigenvalue weighted by Gasteiger charge is 2.49. The van der Waals surface area contributed by atoms with Crippen molar-refractivity contribution in [1.82, 2.24) is 4.90 Å². The van der Waals surface area contributed by atoms with E-state index in [0.717, 1.165) is 6.42 Å². The van der Waals surface area contributed by atoms with Crippen molar-refractivity contribution in [1.29, 1.82) is 0 Å². The molecule has 1 aliphatic carbocycles. The number of carbonyl (C=O) groups is 2. The molecule has 0 aromatic carbocycles. The summed E-state index contributed by atoms with van der Waals surface area (Å²) in [4.78, 5) is 25.5. The Kier molecular flexibility index (Phi) is 4.05. The monoisotopic (exact) mass is 251 g/mol. The van der Waals surface area contributed by atoms with Crippen molar-refractivity contribution in [2.24, 2.45) is 0 Å². The maximum atomic E-state index is 12.1. The number of hydrogen-bond donors (Lipinski definition) is 0. The lowest BCUT2D eigenvalue weighted by Gasteiger charge is -2.46. The molecule has 0 unspecified atom stereocenters. The van der Waals surface area contributed by atoms with E-state index in [1.54, 1.807) is 27.8 Å². The predicted octanol–water partition coefficient (Wildman–Crippen LogP) is 2.37. The van der Waals surface area contributed by atoms with Crippen LogP contribution in [0.5, 0.6) is 0 Å². The second-order valence-corrected chi connectivity index (χ2v) is 5.73. The van der Waals surface area contributed by atoms with Gasteiger partial charge in [-0.3, -0.25) is 9.69 Å². The Labute approximate surface area is 109 Å². The zero-order chi connectivity index (χ0) is 14.0. The van der Waals surface area contributed by atoms with E-state index < -0.39 is 17.2 Å². The maximum Gasteiger partial charge on any atom is 0.410 e. The fourth-order valence-corrected chi connectivity index (χ4v) is 2.08. The summed E-state index contributed by atoms with van der Waals surface area (Å²) < 4.78 is 5.29. The summed E-state index contributed by atoms with van der Waals surface area (Å²) in [7, 11) is 1.61. The molecule has 0 bridgehead atoms. The molecule has 4 heteroatoms. The van der Waals surface area contributed by atoms with Gasteiger partial charge in [0.2, 0.25) is 0 Å². The van der Waals surface area contributed by atoms with Gasteiger partial charge >= 0.3 is 6.09 Å². The topological polar surface area (TPSA) is 46.6 Å². The van der Waals surface area contributed by atoms with E-state index in [2.05, 4.69) is 5.92 Å². The summed E-state index contributed by atoms with van der Waals surface area (Å²) in [6.45, 7) is 5.40. The molecule has 1 saturated carbocycles. The maximum absolute atomic E-state index is 12.1. The van der Waals surface area contributed by atoms with E-state index in [4.69, 9.17) is 11.2 Å². The Bertz CT molecular complexity index is 383. The second kappa shape index (κ2) is 5.01. The number of Topliss-reactive ketones (excluding diaryl/α,β-unsaturated/α-hetero) is 1. The van der Waals surface area contributed by atoms with Crippen LogP contribution in [-0.4, -0.2) is 35.0 Å². The molecule has 1 fully saturated rings. The molecule has 18 heavy (non-hydrogen) atoms. The first kappa shape index (κ1) is 14.6. The van der Waals surface area contributed by atoms with Crippen molar-refractivity contribution in [3.05, 3.63) is 0 Å². The van der Waals surface area contributed by atoms with Gasteiger partial charge in [-0.25, -0.2) is 4.79 Å². The van der Waals surface area contributed by atoms with Crippen molar-refractivity contribution >= 4 is 11.9 Å². The highest BCUT2D eigenvalue weighted by Crippen LogP contribution is 2.39. The van der Waals surface area contributed by atoms with Gasteiger partial charge in [-0.05, 0) is 40.0 Å². The lowest BCUT2D eigenvalue weighted by atomic mass is 9.72. The van der Waals surface area contributed by atoms with Crippen LogP contribution in [0.1, 0.15) is 46.5 Å². The molecule has 0 heterocycles. The van der Waals surface area contributed by atoms with Gasteiger partial charge in [0.25, 0.3) is 0 Å². The first-order valence-corrected chi connectivity index (χ1v) is 6.16. The number of nitrogens with zero attached hydrogens (tertiary/aromatic N) is 1. The zero-order valence-corrected chi connectivity index (χ0v) is 11.6. The molecule has 4 nitrogen and oxygen atoms in total. The number of hydrogen-bond acceptors (Lipinski definition) is 3. The number of ether oxygens (including phenoxy) is 1. The van der Waals surface area contributed by atoms with Crippen LogP contribution in [-0.2, 0) is 9.53 Å². The summed E-state index contributed by atoms with van der Waals surface area (Å²) in [5, 5.41) is 0. The molecular formula is C14H21NO3. The smallest absolute Gasteiger partial charge is 0.410 e. The molecule has 0 aromatic rings. The Morgan fingerprint density at radius 3 is 2.28 bits per heavy atom. The molecule has 0 saturated heterocycles. The second-order valence-electron chi connectivity index (χ2n) is 5.73. The van der Waals surface area contributed by atoms with Crippen molar-refractivity contribution in [2.45, 2.75) is 57.6 Å². The Hall–Kier alpha value is -1.50.